The monoisotopic (exact) mass is 472 g/mol. The molecule has 1 saturated heterocycles. The molecule has 1 amide bonds. The molecule has 3 heterocycles. The van der Waals surface area contributed by atoms with E-state index in [0.717, 1.165) is 34.1 Å². The summed E-state index contributed by atoms with van der Waals surface area (Å²) in [6.45, 7) is 10.5. The molecule has 35 heavy (non-hydrogen) atoms. The van der Waals surface area contributed by atoms with Crippen molar-refractivity contribution in [3.8, 4) is 5.69 Å². The molecule has 5 rings (SSSR count). The molecule has 0 aliphatic carbocycles. The number of halogens is 1. The Labute approximate surface area is 204 Å². The van der Waals surface area contributed by atoms with E-state index in [2.05, 4.69) is 49.9 Å². The van der Waals surface area contributed by atoms with E-state index in [9.17, 15) is 9.18 Å². The maximum absolute atomic E-state index is 13.6. The predicted molar refractivity (Wildman–Crippen MR) is 135 cm³/mol. The summed E-state index contributed by atoms with van der Waals surface area (Å²) in [6, 6.07) is 14.1. The number of amides is 1. The highest BCUT2D eigenvalue weighted by Gasteiger charge is 2.27. The third-order valence-electron chi connectivity index (χ3n) is 6.43. The van der Waals surface area contributed by atoms with Gasteiger partial charge in [0.15, 0.2) is 5.65 Å². The SMILES string of the molecule is Cc1ccc(-n2nc(C)c3c(N4CCN(C(=O)c5cccc(F)c5)CC4)nc(C(C)C)nc32)cc1. The minimum atomic E-state index is -0.403. The molecule has 1 fully saturated rings. The normalized spacial score (nSPS) is 14.2. The molecular weight excluding hydrogens is 443 g/mol. The third-order valence-corrected chi connectivity index (χ3v) is 6.43. The highest BCUT2D eigenvalue weighted by atomic mass is 19.1. The fraction of sp³-hybridized carbons (Fsp3) is 0.333. The zero-order chi connectivity index (χ0) is 24.7. The van der Waals surface area contributed by atoms with Crippen molar-refractivity contribution in [3.05, 3.63) is 77.0 Å². The van der Waals surface area contributed by atoms with Crippen LogP contribution >= 0.6 is 0 Å². The fourth-order valence-electron chi connectivity index (χ4n) is 4.46. The van der Waals surface area contributed by atoms with Crippen molar-refractivity contribution in [1.82, 2.24) is 24.6 Å². The standard InChI is InChI=1S/C27H29FN6O/c1-17(2)24-29-25(23-19(4)31-34(26(23)30-24)22-10-8-18(3)9-11-22)32-12-14-33(15-13-32)27(35)20-6-5-7-21(28)16-20/h5-11,16-17H,12-15H2,1-4H3. The molecule has 0 N–H and O–H groups in total. The highest BCUT2D eigenvalue weighted by Crippen LogP contribution is 2.31. The quantitative estimate of drug-likeness (QED) is 0.432. The number of fused-ring (bicyclic) bond motifs is 1. The average Bonchev–Trinajstić information content (AvgIpc) is 3.20. The number of aryl methyl sites for hydroxylation is 2. The van der Waals surface area contributed by atoms with E-state index in [1.54, 1.807) is 17.0 Å². The van der Waals surface area contributed by atoms with Crippen LogP contribution in [0.1, 0.15) is 47.2 Å². The number of carbonyl (C=O) groups excluding carboxylic acids is 1. The summed E-state index contributed by atoms with van der Waals surface area (Å²) in [5.74, 6) is 1.21. The van der Waals surface area contributed by atoms with E-state index in [-0.39, 0.29) is 11.8 Å². The van der Waals surface area contributed by atoms with Gasteiger partial charge in [0.25, 0.3) is 5.91 Å². The van der Waals surface area contributed by atoms with Crippen molar-refractivity contribution in [1.29, 1.82) is 0 Å². The van der Waals surface area contributed by atoms with Gasteiger partial charge in [-0.2, -0.15) is 5.10 Å². The van der Waals surface area contributed by atoms with Gasteiger partial charge in [-0.15, -0.1) is 0 Å². The van der Waals surface area contributed by atoms with Gasteiger partial charge >= 0.3 is 0 Å². The molecule has 180 valence electrons. The van der Waals surface area contributed by atoms with Gasteiger partial charge in [0.2, 0.25) is 0 Å². The molecule has 0 atom stereocenters. The lowest BCUT2D eigenvalue weighted by molar-refractivity contribution is 0.0746. The molecule has 1 aliphatic rings. The van der Waals surface area contributed by atoms with Gasteiger partial charge in [-0.25, -0.2) is 19.0 Å². The second-order valence-electron chi connectivity index (χ2n) is 9.38. The van der Waals surface area contributed by atoms with Crippen LogP contribution in [0.2, 0.25) is 0 Å². The number of hydrogen-bond donors (Lipinski definition) is 0. The molecule has 1 aliphatic heterocycles. The van der Waals surface area contributed by atoms with Gasteiger partial charge in [-0.05, 0) is 44.2 Å². The van der Waals surface area contributed by atoms with Gasteiger partial charge in [0, 0.05) is 37.7 Å². The number of aromatic nitrogens is 4. The Hall–Kier alpha value is -3.81. The molecule has 2 aromatic heterocycles. The first-order valence-electron chi connectivity index (χ1n) is 12.0. The zero-order valence-electron chi connectivity index (χ0n) is 20.5. The lowest BCUT2D eigenvalue weighted by atomic mass is 10.1. The molecule has 0 spiro atoms. The van der Waals surface area contributed by atoms with Crippen LogP contribution in [0.4, 0.5) is 10.2 Å². The molecule has 0 unspecified atom stereocenters. The largest absolute Gasteiger partial charge is 0.352 e. The average molecular weight is 473 g/mol. The summed E-state index contributed by atoms with van der Waals surface area (Å²) in [4.78, 5) is 26.7. The molecule has 0 saturated carbocycles. The fourth-order valence-corrected chi connectivity index (χ4v) is 4.46. The molecule has 0 radical (unpaired) electrons. The number of carbonyl (C=O) groups is 1. The van der Waals surface area contributed by atoms with Crippen LogP contribution in [0.15, 0.2) is 48.5 Å². The van der Waals surface area contributed by atoms with E-state index in [4.69, 9.17) is 15.1 Å². The van der Waals surface area contributed by atoms with Crippen LogP contribution in [0.25, 0.3) is 16.7 Å². The Balaban J connectivity index is 1.48. The van der Waals surface area contributed by atoms with Crippen molar-refractivity contribution < 1.29 is 9.18 Å². The number of anilines is 1. The van der Waals surface area contributed by atoms with Crippen LogP contribution in [0.3, 0.4) is 0 Å². The van der Waals surface area contributed by atoms with Crippen molar-refractivity contribution in [3.63, 3.8) is 0 Å². The van der Waals surface area contributed by atoms with Gasteiger partial charge in [0.05, 0.1) is 16.8 Å². The summed E-state index contributed by atoms with van der Waals surface area (Å²) >= 11 is 0. The summed E-state index contributed by atoms with van der Waals surface area (Å²) in [7, 11) is 0. The maximum atomic E-state index is 13.6. The first-order chi connectivity index (χ1) is 16.8. The van der Waals surface area contributed by atoms with Crippen LogP contribution in [0.5, 0.6) is 0 Å². The Morgan fingerprint density at radius 2 is 1.69 bits per heavy atom. The molecule has 8 heteroatoms. The van der Waals surface area contributed by atoms with Crippen molar-refractivity contribution in [2.45, 2.75) is 33.6 Å². The van der Waals surface area contributed by atoms with E-state index in [0.29, 0.717) is 31.7 Å². The molecule has 0 bridgehead atoms. The number of rotatable bonds is 4. The Kier molecular flexibility index (Phi) is 5.96. The van der Waals surface area contributed by atoms with E-state index in [1.807, 2.05) is 11.6 Å². The van der Waals surface area contributed by atoms with Crippen molar-refractivity contribution >= 4 is 22.8 Å². The van der Waals surface area contributed by atoms with Crippen LogP contribution < -0.4 is 4.90 Å². The topological polar surface area (TPSA) is 67.2 Å². The van der Waals surface area contributed by atoms with Crippen LogP contribution in [-0.2, 0) is 0 Å². The van der Waals surface area contributed by atoms with Crippen molar-refractivity contribution in [2.24, 2.45) is 0 Å². The lowest BCUT2D eigenvalue weighted by Gasteiger charge is -2.36. The maximum Gasteiger partial charge on any atom is 0.254 e. The summed E-state index contributed by atoms with van der Waals surface area (Å²) in [6.07, 6.45) is 0. The minimum Gasteiger partial charge on any atom is -0.352 e. The second kappa shape index (κ2) is 9.09. The first kappa shape index (κ1) is 23.0. The van der Waals surface area contributed by atoms with Crippen molar-refractivity contribution in [2.75, 3.05) is 31.1 Å². The molecule has 7 nitrogen and oxygen atoms in total. The number of benzene rings is 2. The lowest BCUT2D eigenvalue weighted by Crippen LogP contribution is -2.49. The summed E-state index contributed by atoms with van der Waals surface area (Å²) < 4.78 is 15.5. The summed E-state index contributed by atoms with van der Waals surface area (Å²) in [5.41, 5.74) is 4.17. The number of nitrogens with zero attached hydrogens (tertiary/aromatic N) is 6. The number of piperazine rings is 1. The Bertz CT molecular complexity index is 1390. The van der Waals surface area contributed by atoms with Gasteiger partial charge in [0.1, 0.15) is 17.5 Å². The molecule has 2 aromatic carbocycles. The van der Waals surface area contributed by atoms with Crippen LogP contribution in [0, 0.1) is 19.7 Å². The Morgan fingerprint density at radius 3 is 2.34 bits per heavy atom. The Morgan fingerprint density at radius 1 is 0.971 bits per heavy atom. The molecule has 4 aromatic rings. The predicted octanol–water partition coefficient (Wildman–Crippen LogP) is 4.66. The smallest absolute Gasteiger partial charge is 0.254 e. The van der Waals surface area contributed by atoms with Crippen LogP contribution in [-0.4, -0.2) is 56.7 Å². The van der Waals surface area contributed by atoms with Gasteiger partial charge < -0.3 is 9.80 Å². The van der Waals surface area contributed by atoms with E-state index in [1.165, 1.54) is 17.7 Å². The third kappa shape index (κ3) is 4.36. The summed E-state index contributed by atoms with van der Waals surface area (Å²) in [5, 5.41) is 5.75. The first-order valence-corrected chi connectivity index (χ1v) is 12.0. The second-order valence-corrected chi connectivity index (χ2v) is 9.38. The minimum absolute atomic E-state index is 0.149. The number of hydrogen-bond acceptors (Lipinski definition) is 5. The van der Waals surface area contributed by atoms with E-state index < -0.39 is 5.82 Å². The van der Waals surface area contributed by atoms with Gasteiger partial charge in [-0.1, -0.05) is 37.6 Å². The zero-order valence-corrected chi connectivity index (χ0v) is 20.5. The molecular formula is C27H29FN6O. The highest BCUT2D eigenvalue weighted by molar-refractivity contribution is 5.95. The van der Waals surface area contributed by atoms with Gasteiger partial charge in [-0.3, -0.25) is 4.79 Å². The van der Waals surface area contributed by atoms with E-state index >= 15 is 0 Å².